The minimum atomic E-state index is -0.461. The van der Waals surface area contributed by atoms with Gasteiger partial charge in [-0.2, -0.15) is 5.10 Å². The standard InChI is InChI=1S/C17H21ClN2O4/c1-17(2,3)20-16(22)15(18)14(10-19-20)24-11-12-5-4-6-13(9-12)23-8-7-21/h4-6,9-10,21H,7-8,11H2,1-3H3. The number of hydrogen-bond acceptors (Lipinski definition) is 5. The topological polar surface area (TPSA) is 73.6 Å². The Morgan fingerprint density at radius 1 is 1.29 bits per heavy atom. The second kappa shape index (κ2) is 7.68. The van der Waals surface area contributed by atoms with Gasteiger partial charge in [-0.15, -0.1) is 0 Å². The molecule has 1 aromatic carbocycles. The Kier molecular flexibility index (Phi) is 5.85. The van der Waals surface area contributed by atoms with Crippen molar-refractivity contribution < 1.29 is 14.6 Å². The monoisotopic (exact) mass is 352 g/mol. The molecule has 0 saturated heterocycles. The van der Waals surface area contributed by atoms with E-state index in [-0.39, 0.29) is 36.2 Å². The molecule has 0 amide bonds. The number of aliphatic hydroxyl groups excluding tert-OH is 1. The highest BCUT2D eigenvalue weighted by atomic mass is 35.5. The van der Waals surface area contributed by atoms with E-state index in [2.05, 4.69) is 5.10 Å². The van der Waals surface area contributed by atoms with Gasteiger partial charge in [0.25, 0.3) is 5.56 Å². The van der Waals surface area contributed by atoms with Crippen LogP contribution in [0.25, 0.3) is 0 Å². The lowest BCUT2D eigenvalue weighted by Crippen LogP contribution is -2.36. The lowest BCUT2D eigenvalue weighted by atomic mass is 10.1. The van der Waals surface area contributed by atoms with Crippen LogP contribution in [0, 0.1) is 0 Å². The van der Waals surface area contributed by atoms with Crippen molar-refractivity contribution in [2.24, 2.45) is 0 Å². The number of hydrogen-bond donors (Lipinski definition) is 1. The largest absolute Gasteiger partial charge is 0.491 e. The smallest absolute Gasteiger partial charge is 0.289 e. The minimum absolute atomic E-state index is 0.00705. The molecule has 0 saturated carbocycles. The fourth-order valence-electron chi connectivity index (χ4n) is 2.05. The van der Waals surface area contributed by atoms with Crippen LogP contribution in [0.3, 0.4) is 0 Å². The molecule has 0 radical (unpaired) electrons. The number of aliphatic hydroxyl groups is 1. The summed E-state index contributed by atoms with van der Waals surface area (Å²) in [7, 11) is 0. The number of halogens is 1. The van der Waals surface area contributed by atoms with Gasteiger partial charge < -0.3 is 14.6 Å². The van der Waals surface area contributed by atoms with Crippen LogP contribution in [0.2, 0.25) is 5.02 Å². The zero-order valence-electron chi connectivity index (χ0n) is 14.0. The van der Waals surface area contributed by atoms with Crippen LogP contribution < -0.4 is 15.0 Å². The first kappa shape index (κ1) is 18.3. The Morgan fingerprint density at radius 3 is 2.71 bits per heavy atom. The number of nitrogens with zero attached hydrogens (tertiary/aromatic N) is 2. The van der Waals surface area contributed by atoms with E-state index in [0.29, 0.717) is 5.75 Å². The quantitative estimate of drug-likeness (QED) is 0.865. The molecule has 0 aliphatic carbocycles. The van der Waals surface area contributed by atoms with Crippen LogP contribution in [0.1, 0.15) is 26.3 Å². The summed E-state index contributed by atoms with van der Waals surface area (Å²) in [5.41, 5.74) is 0.000614. The molecule has 0 spiro atoms. The molecule has 2 aromatic rings. The van der Waals surface area contributed by atoms with Crippen LogP contribution >= 0.6 is 11.6 Å². The first-order valence-electron chi connectivity index (χ1n) is 7.56. The normalized spacial score (nSPS) is 11.4. The van der Waals surface area contributed by atoms with Crippen LogP contribution in [0.5, 0.6) is 11.5 Å². The Bertz CT molecular complexity index is 753. The van der Waals surface area contributed by atoms with E-state index in [1.165, 1.54) is 10.9 Å². The zero-order chi connectivity index (χ0) is 17.7. The molecular weight excluding hydrogens is 332 g/mol. The molecule has 0 atom stereocenters. The molecule has 0 aliphatic rings. The van der Waals surface area contributed by atoms with Crippen LogP contribution in [0.4, 0.5) is 0 Å². The number of ether oxygens (including phenoxy) is 2. The first-order valence-corrected chi connectivity index (χ1v) is 7.94. The molecule has 0 unspecified atom stereocenters. The number of aromatic nitrogens is 2. The van der Waals surface area contributed by atoms with Crippen molar-refractivity contribution >= 4 is 11.6 Å². The average Bonchev–Trinajstić information content (AvgIpc) is 2.53. The van der Waals surface area contributed by atoms with Gasteiger partial charge in [0.15, 0.2) is 10.8 Å². The molecule has 1 N–H and O–H groups in total. The highest BCUT2D eigenvalue weighted by Crippen LogP contribution is 2.22. The maximum Gasteiger partial charge on any atom is 0.289 e. The molecule has 24 heavy (non-hydrogen) atoms. The molecule has 130 valence electrons. The molecule has 1 heterocycles. The summed E-state index contributed by atoms with van der Waals surface area (Å²) >= 11 is 6.12. The molecule has 0 fully saturated rings. The van der Waals surface area contributed by atoms with E-state index >= 15 is 0 Å². The Balaban J connectivity index is 2.13. The molecule has 6 nitrogen and oxygen atoms in total. The SMILES string of the molecule is CC(C)(C)n1ncc(OCc2cccc(OCCO)c2)c(Cl)c1=O. The van der Waals surface area contributed by atoms with Gasteiger partial charge in [-0.1, -0.05) is 23.7 Å². The second-order valence-corrected chi connectivity index (χ2v) is 6.60. The van der Waals surface area contributed by atoms with Crippen molar-refractivity contribution in [1.82, 2.24) is 9.78 Å². The van der Waals surface area contributed by atoms with Gasteiger partial charge in [0.05, 0.1) is 18.3 Å². The predicted octanol–water partition coefficient (Wildman–Crippen LogP) is 2.60. The summed E-state index contributed by atoms with van der Waals surface area (Å²) in [6.07, 6.45) is 1.45. The highest BCUT2D eigenvalue weighted by molar-refractivity contribution is 6.31. The molecule has 0 bridgehead atoms. The molecule has 7 heteroatoms. The Labute approximate surface area is 145 Å². The van der Waals surface area contributed by atoms with Crippen molar-refractivity contribution in [3.8, 4) is 11.5 Å². The van der Waals surface area contributed by atoms with E-state index in [1.54, 1.807) is 12.1 Å². The summed E-state index contributed by atoms with van der Waals surface area (Å²) in [4.78, 5) is 12.3. The summed E-state index contributed by atoms with van der Waals surface area (Å²) < 4.78 is 12.3. The van der Waals surface area contributed by atoms with Crippen LogP contribution in [0.15, 0.2) is 35.3 Å². The third kappa shape index (κ3) is 4.49. The van der Waals surface area contributed by atoms with Crippen LogP contribution in [-0.2, 0) is 12.1 Å². The Morgan fingerprint density at radius 2 is 2.04 bits per heavy atom. The van der Waals surface area contributed by atoms with Gasteiger partial charge in [-0.25, -0.2) is 4.68 Å². The fourth-order valence-corrected chi connectivity index (χ4v) is 2.23. The third-order valence-electron chi connectivity index (χ3n) is 3.18. The van der Waals surface area contributed by atoms with Gasteiger partial charge in [-0.05, 0) is 38.5 Å². The highest BCUT2D eigenvalue weighted by Gasteiger charge is 2.19. The van der Waals surface area contributed by atoms with Crippen molar-refractivity contribution in [3.05, 3.63) is 51.4 Å². The predicted molar refractivity (Wildman–Crippen MR) is 91.9 cm³/mol. The number of rotatable bonds is 6. The average molecular weight is 353 g/mol. The summed E-state index contributed by atoms with van der Waals surface area (Å²) in [5, 5.41) is 12.9. The van der Waals surface area contributed by atoms with E-state index in [4.69, 9.17) is 26.2 Å². The van der Waals surface area contributed by atoms with Crippen molar-refractivity contribution in [1.29, 1.82) is 0 Å². The molecule has 2 rings (SSSR count). The van der Waals surface area contributed by atoms with Crippen LogP contribution in [-0.4, -0.2) is 28.1 Å². The molecule has 1 aromatic heterocycles. The maximum absolute atomic E-state index is 12.3. The van der Waals surface area contributed by atoms with Gasteiger partial charge in [0, 0.05) is 0 Å². The van der Waals surface area contributed by atoms with Gasteiger partial charge in [0.1, 0.15) is 19.0 Å². The summed E-state index contributed by atoms with van der Waals surface area (Å²) in [6.45, 7) is 6.01. The van der Waals surface area contributed by atoms with Gasteiger partial charge >= 0.3 is 0 Å². The van der Waals surface area contributed by atoms with E-state index < -0.39 is 5.54 Å². The maximum atomic E-state index is 12.3. The van der Waals surface area contributed by atoms with Gasteiger partial charge in [0.2, 0.25) is 0 Å². The summed E-state index contributed by atoms with van der Waals surface area (Å²) in [5.74, 6) is 0.876. The third-order valence-corrected chi connectivity index (χ3v) is 3.52. The molecular formula is C17H21ClN2O4. The fraction of sp³-hybridized carbons (Fsp3) is 0.412. The van der Waals surface area contributed by atoms with Crippen molar-refractivity contribution in [2.45, 2.75) is 32.9 Å². The lowest BCUT2D eigenvalue weighted by Gasteiger charge is -2.21. The lowest BCUT2D eigenvalue weighted by molar-refractivity contribution is 0.201. The first-order chi connectivity index (χ1) is 11.3. The minimum Gasteiger partial charge on any atom is -0.491 e. The van der Waals surface area contributed by atoms with Gasteiger partial charge in [-0.3, -0.25) is 4.79 Å². The number of benzene rings is 1. The van der Waals surface area contributed by atoms with Crippen molar-refractivity contribution in [3.63, 3.8) is 0 Å². The summed E-state index contributed by atoms with van der Waals surface area (Å²) in [6, 6.07) is 7.28. The van der Waals surface area contributed by atoms with E-state index in [0.717, 1.165) is 5.56 Å². The van der Waals surface area contributed by atoms with E-state index in [1.807, 2.05) is 32.9 Å². The van der Waals surface area contributed by atoms with Crippen molar-refractivity contribution in [2.75, 3.05) is 13.2 Å². The zero-order valence-corrected chi connectivity index (χ0v) is 14.7. The second-order valence-electron chi connectivity index (χ2n) is 6.22. The Hall–Kier alpha value is -2.05. The van der Waals surface area contributed by atoms with E-state index in [9.17, 15) is 4.79 Å². The molecule has 0 aliphatic heterocycles.